The fraction of sp³-hybridized carbons (Fsp3) is 0.553. The highest BCUT2D eigenvalue weighted by Gasteiger charge is 2.85. The standard InChI is InChI=1S/C47H58N4O7/c1-27(2)12-10-17-45(9)18-16-31-36(52)35-37(53)34-26-33-30(6)40-44(7,8)58-46(41(33)54,47(34,40)57-39(35)32(38(31)56-45)14-13-28(3)4)19-15-29(5)42(55)50-22-24-51(25-23-50)43-48-20-11-21-49-43/h11-13,15-16,18,20-21,30,33-34,40,52H,10,14,17,19,22-26H2,1-9H3/b29-15-/t30-,33?,34?,40?,45?,46?,47?/m1/s1. The van der Waals surface area contributed by atoms with Crippen molar-refractivity contribution in [1.82, 2.24) is 14.9 Å². The molecule has 4 aliphatic heterocycles. The normalized spacial score (nSPS) is 31.5. The number of piperazine rings is 1. The number of Topliss-reactive ketones (excluding diaryl/α,β-unsaturated/α-hetero) is 2. The van der Waals surface area contributed by atoms with E-state index < -0.39 is 34.2 Å². The number of aromatic nitrogens is 2. The fourth-order valence-electron chi connectivity index (χ4n) is 11.2. The molecule has 2 saturated heterocycles. The average molecular weight is 791 g/mol. The molecule has 7 atom stereocenters. The van der Waals surface area contributed by atoms with Crippen LogP contribution in [0, 0.1) is 23.7 Å². The number of ether oxygens (including phenoxy) is 3. The number of ketones is 2. The van der Waals surface area contributed by atoms with Gasteiger partial charge in [0.2, 0.25) is 11.9 Å². The summed E-state index contributed by atoms with van der Waals surface area (Å²) >= 11 is 0. The number of allylic oxidation sites excluding steroid dienone is 4. The minimum absolute atomic E-state index is 0.0748. The predicted molar refractivity (Wildman–Crippen MR) is 222 cm³/mol. The number of rotatable bonds is 9. The fourth-order valence-corrected chi connectivity index (χ4v) is 11.2. The van der Waals surface area contributed by atoms with Crippen molar-refractivity contribution in [2.24, 2.45) is 23.7 Å². The van der Waals surface area contributed by atoms with Gasteiger partial charge in [0.15, 0.2) is 22.8 Å². The highest BCUT2D eigenvalue weighted by atomic mass is 16.6. The summed E-state index contributed by atoms with van der Waals surface area (Å²) in [5.74, 6) is -0.839. The molecule has 4 bridgehead atoms. The van der Waals surface area contributed by atoms with Gasteiger partial charge in [0.05, 0.1) is 17.1 Å². The Bertz CT molecular complexity index is 2170. The van der Waals surface area contributed by atoms with Crippen LogP contribution >= 0.6 is 0 Å². The quantitative estimate of drug-likeness (QED) is 0.200. The van der Waals surface area contributed by atoms with Crippen molar-refractivity contribution < 1.29 is 33.7 Å². The molecule has 9 rings (SSSR count). The highest BCUT2D eigenvalue weighted by Crippen LogP contribution is 2.72. The van der Waals surface area contributed by atoms with E-state index in [9.17, 15) is 9.90 Å². The number of nitrogens with zero attached hydrogens (tertiary/aromatic N) is 4. The zero-order valence-corrected chi connectivity index (χ0v) is 35.5. The van der Waals surface area contributed by atoms with Gasteiger partial charge in [-0.1, -0.05) is 36.3 Å². The molecule has 1 amide bonds. The van der Waals surface area contributed by atoms with E-state index in [2.05, 4.69) is 47.8 Å². The number of anilines is 1. The molecule has 58 heavy (non-hydrogen) atoms. The van der Waals surface area contributed by atoms with Gasteiger partial charge in [0.25, 0.3) is 0 Å². The van der Waals surface area contributed by atoms with Gasteiger partial charge in [0, 0.05) is 68.0 Å². The highest BCUT2D eigenvalue weighted by molar-refractivity contribution is 6.10. The third kappa shape index (κ3) is 6.04. The molecular formula is C47H58N4O7. The summed E-state index contributed by atoms with van der Waals surface area (Å²) in [5, 5.41) is 12.1. The molecule has 6 unspecified atom stereocenters. The molecule has 7 aliphatic rings. The molecule has 1 N–H and O–H groups in total. The van der Waals surface area contributed by atoms with Gasteiger partial charge in [-0.3, -0.25) is 14.4 Å². The van der Waals surface area contributed by atoms with Gasteiger partial charge in [-0.05, 0) is 105 Å². The first-order valence-corrected chi connectivity index (χ1v) is 21.0. The Morgan fingerprint density at radius 3 is 2.31 bits per heavy atom. The first-order valence-electron chi connectivity index (χ1n) is 21.0. The number of carbonyl (C=O) groups excluding carboxylic acids is 3. The van der Waals surface area contributed by atoms with Gasteiger partial charge in [0.1, 0.15) is 28.4 Å². The van der Waals surface area contributed by atoms with E-state index in [-0.39, 0.29) is 52.8 Å². The lowest BCUT2D eigenvalue weighted by atomic mass is 9.43. The van der Waals surface area contributed by atoms with E-state index >= 15 is 9.59 Å². The summed E-state index contributed by atoms with van der Waals surface area (Å²) in [5.41, 5.74) is -0.346. The molecular weight excluding hydrogens is 733 g/mol. The molecule has 5 fully saturated rings. The van der Waals surface area contributed by atoms with Crippen molar-refractivity contribution in [3.63, 3.8) is 0 Å². The summed E-state index contributed by atoms with van der Waals surface area (Å²) in [4.78, 5) is 56.9. The number of benzene rings is 1. The Morgan fingerprint density at radius 2 is 1.64 bits per heavy atom. The number of hydrogen-bond acceptors (Lipinski definition) is 10. The number of phenolic OH excluding ortho intramolecular Hbond substituents is 1. The van der Waals surface area contributed by atoms with Crippen LogP contribution in [-0.2, 0) is 20.7 Å². The predicted octanol–water partition coefficient (Wildman–Crippen LogP) is 7.62. The number of phenols is 1. The maximum Gasteiger partial charge on any atom is 0.249 e. The molecule has 0 radical (unpaired) electrons. The average Bonchev–Trinajstić information content (AvgIpc) is 3.36. The van der Waals surface area contributed by atoms with E-state index in [1.165, 1.54) is 5.57 Å². The van der Waals surface area contributed by atoms with Crippen molar-refractivity contribution in [2.45, 2.75) is 117 Å². The van der Waals surface area contributed by atoms with Crippen LogP contribution in [0.4, 0.5) is 5.95 Å². The van der Waals surface area contributed by atoms with Crippen molar-refractivity contribution in [3.05, 3.63) is 76.2 Å². The van der Waals surface area contributed by atoms with E-state index in [4.69, 9.17) is 14.2 Å². The smallest absolute Gasteiger partial charge is 0.249 e. The minimum atomic E-state index is -1.54. The van der Waals surface area contributed by atoms with Crippen LogP contribution in [0.5, 0.6) is 17.2 Å². The second kappa shape index (κ2) is 14.2. The number of aromatic hydroxyl groups is 1. The summed E-state index contributed by atoms with van der Waals surface area (Å²) in [6.45, 7) is 20.3. The van der Waals surface area contributed by atoms with E-state index in [0.29, 0.717) is 73.8 Å². The maximum absolute atomic E-state index is 15.2. The molecule has 5 heterocycles. The summed E-state index contributed by atoms with van der Waals surface area (Å²) in [7, 11) is 0. The zero-order chi connectivity index (χ0) is 41.5. The molecule has 11 heteroatoms. The Labute approximate surface area is 342 Å². The van der Waals surface area contributed by atoms with Crippen LogP contribution in [-0.4, -0.2) is 86.0 Å². The second-order valence-corrected chi connectivity index (χ2v) is 18.6. The topological polar surface area (TPSA) is 131 Å². The van der Waals surface area contributed by atoms with Crippen LogP contribution in [0.3, 0.4) is 0 Å². The van der Waals surface area contributed by atoms with Crippen molar-refractivity contribution in [2.75, 3.05) is 31.1 Å². The molecule has 3 aliphatic carbocycles. The van der Waals surface area contributed by atoms with Crippen molar-refractivity contribution in [1.29, 1.82) is 0 Å². The summed E-state index contributed by atoms with van der Waals surface area (Å²) in [6, 6.07) is 1.78. The molecule has 1 spiro atoms. The van der Waals surface area contributed by atoms with Crippen LogP contribution in [0.2, 0.25) is 0 Å². The minimum Gasteiger partial charge on any atom is -0.506 e. The van der Waals surface area contributed by atoms with Gasteiger partial charge in [-0.2, -0.15) is 0 Å². The van der Waals surface area contributed by atoms with Gasteiger partial charge < -0.3 is 29.1 Å². The molecule has 1 aromatic heterocycles. The lowest BCUT2D eigenvalue weighted by molar-refractivity contribution is -0.206. The Balaban J connectivity index is 1.20. The lowest BCUT2D eigenvalue weighted by Crippen LogP contribution is -2.78. The molecule has 1 aromatic carbocycles. The van der Waals surface area contributed by atoms with E-state index in [1.54, 1.807) is 25.4 Å². The number of amides is 1. The first-order chi connectivity index (χ1) is 27.4. The second-order valence-electron chi connectivity index (χ2n) is 18.6. The Kier molecular flexibility index (Phi) is 9.80. The summed E-state index contributed by atoms with van der Waals surface area (Å²) in [6.07, 6.45) is 15.7. The molecule has 11 nitrogen and oxygen atoms in total. The van der Waals surface area contributed by atoms with Crippen molar-refractivity contribution >= 4 is 29.5 Å². The van der Waals surface area contributed by atoms with Crippen LogP contribution in [0.15, 0.2) is 59.5 Å². The third-order valence-corrected chi connectivity index (χ3v) is 13.8. The SMILES string of the molecule is CC(C)=CCCC1(C)C=Cc2c(O)c3c(c(CC=C(C)C)c2O1)OC12C(CC4C(=O)C1(C/C=C(/C)C(=O)N1CCN(c5ncccn5)CC1)OC(C)(C)C2[C@@H]4C)C3=O. The van der Waals surface area contributed by atoms with Gasteiger partial charge in [-0.25, -0.2) is 9.97 Å². The van der Waals surface area contributed by atoms with Crippen LogP contribution in [0.25, 0.3) is 6.08 Å². The molecule has 2 aromatic rings. The van der Waals surface area contributed by atoms with E-state index in [1.807, 2.05) is 57.7 Å². The number of fused-ring (bicyclic) bond motifs is 2. The van der Waals surface area contributed by atoms with Crippen molar-refractivity contribution in [3.8, 4) is 17.2 Å². The summed E-state index contributed by atoms with van der Waals surface area (Å²) < 4.78 is 21.4. The monoisotopic (exact) mass is 790 g/mol. The molecule has 3 saturated carbocycles. The maximum atomic E-state index is 15.2. The number of carbonyl (C=O) groups is 3. The van der Waals surface area contributed by atoms with Crippen LogP contribution in [0.1, 0.15) is 109 Å². The Hall–Kier alpha value is -4.77. The largest absolute Gasteiger partial charge is 0.506 e. The molecule has 308 valence electrons. The first kappa shape index (κ1) is 40.0. The lowest BCUT2D eigenvalue weighted by Gasteiger charge is -2.62. The van der Waals surface area contributed by atoms with E-state index in [0.717, 1.165) is 12.0 Å². The van der Waals surface area contributed by atoms with Crippen LogP contribution < -0.4 is 14.4 Å². The Morgan fingerprint density at radius 1 is 0.948 bits per heavy atom. The number of hydrogen-bond donors (Lipinski definition) is 1. The third-order valence-electron chi connectivity index (χ3n) is 13.8. The van der Waals surface area contributed by atoms with Gasteiger partial charge >= 0.3 is 0 Å². The zero-order valence-electron chi connectivity index (χ0n) is 35.5. The van der Waals surface area contributed by atoms with Gasteiger partial charge in [-0.15, -0.1) is 0 Å².